The van der Waals surface area contributed by atoms with Crippen LogP contribution in [0.2, 0.25) is 10.0 Å². The van der Waals surface area contributed by atoms with Crippen molar-refractivity contribution >= 4 is 40.6 Å². The number of carbonyl (C=O) groups is 1. The van der Waals surface area contributed by atoms with Crippen LogP contribution in [0, 0.1) is 11.3 Å². The number of hydrogen-bond acceptors (Lipinski definition) is 5. The lowest BCUT2D eigenvalue weighted by molar-refractivity contribution is -0.115. The monoisotopic (exact) mass is 363 g/mol. The van der Waals surface area contributed by atoms with Crippen molar-refractivity contribution in [2.45, 2.75) is 13.3 Å². The third-order valence-corrected chi connectivity index (χ3v) is 3.68. The molecule has 0 aliphatic carbocycles. The van der Waals surface area contributed by atoms with Gasteiger partial charge in [-0.3, -0.25) is 4.79 Å². The first-order chi connectivity index (χ1) is 11.5. The van der Waals surface area contributed by atoms with Gasteiger partial charge >= 0.3 is 0 Å². The van der Waals surface area contributed by atoms with Gasteiger partial charge in [0.1, 0.15) is 6.07 Å². The van der Waals surface area contributed by atoms with Crippen LogP contribution in [0.1, 0.15) is 19.0 Å². The van der Waals surface area contributed by atoms with Crippen molar-refractivity contribution in [2.24, 2.45) is 0 Å². The number of anilines is 2. The van der Waals surface area contributed by atoms with Crippen molar-refractivity contribution in [2.75, 3.05) is 23.3 Å². The van der Waals surface area contributed by atoms with E-state index < -0.39 is 0 Å². The van der Waals surface area contributed by atoms with E-state index in [-0.39, 0.29) is 18.1 Å². The maximum absolute atomic E-state index is 12.3. The summed E-state index contributed by atoms with van der Waals surface area (Å²) < 4.78 is 0. The lowest BCUT2D eigenvalue weighted by Gasteiger charge is -2.22. The average Bonchev–Trinajstić information content (AvgIpc) is 2.58. The summed E-state index contributed by atoms with van der Waals surface area (Å²) in [6, 6.07) is 10.0. The molecule has 124 valence electrons. The van der Waals surface area contributed by atoms with Gasteiger partial charge in [0.15, 0.2) is 11.5 Å². The largest absolute Gasteiger partial charge is 0.346 e. The van der Waals surface area contributed by atoms with Gasteiger partial charge in [0.2, 0.25) is 5.91 Å². The molecule has 24 heavy (non-hydrogen) atoms. The van der Waals surface area contributed by atoms with E-state index in [9.17, 15) is 4.79 Å². The minimum atomic E-state index is -0.251. The molecule has 0 aliphatic rings. The molecule has 0 unspecified atom stereocenters. The number of amides is 1. The first-order valence-corrected chi connectivity index (χ1v) is 8.02. The van der Waals surface area contributed by atoms with Gasteiger partial charge < -0.3 is 10.2 Å². The molecule has 0 fully saturated rings. The fourth-order valence-electron chi connectivity index (χ4n) is 2.05. The Hall–Kier alpha value is -2.36. The van der Waals surface area contributed by atoms with Gasteiger partial charge in [-0.25, -0.2) is 0 Å². The molecule has 2 rings (SSSR count). The number of nitriles is 1. The van der Waals surface area contributed by atoms with Crippen LogP contribution in [0.5, 0.6) is 0 Å². The van der Waals surface area contributed by atoms with Crippen LogP contribution < -0.4 is 10.2 Å². The van der Waals surface area contributed by atoms with E-state index in [1.807, 2.05) is 13.0 Å². The molecule has 0 aliphatic heterocycles. The topological polar surface area (TPSA) is 81.9 Å². The highest BCUT2D eigenvalue weighted by molar-refractivity contribution is 6.35. The summed E-state index contributed by atoms with van der Waals surface area (Å²) in [5.41, 5.74) is 0.682. The van der Waals surface area contributed by atoms with Crippen LogP contribution in [0.3, 0.4) is 0 Å². The molecule has 0 bridgehead atoms. The number of nitrogens with zero attached hydrogens (tertiary/aromatic N) is 4. The normalized spacial score (nSPS) is 10.1. The van der Waals surface area contributed by atoms with Crippen LogP contribution in [0.15, 0.2) is 30.3 Å². The summed E-state index contributed by atoms with van der Waals surface area (Å²) in [5.74, 6) is 0.280. The summed E-state index contributed by atoms with van der Waals surface area (Å²) in [4.78, 5) is 14.1. The van der Waals surface area contributed by atoms with E-state index in [2.05, 4.69) is 15.5 Å². The molecule has 2 aromatic rings. The molecule has 0 atom stereocenters. The van der Waals surface area contributed by atoms with E-state index in [4.69, 9.17) is 28.5 Å². The standard InChI is InChI=1S/C16H15Cl2N5O/c1-2-7-23(15-6-4-12(9-19)21-22-15)10-16(24)20-14-8-11(17)3-5-13(14)18/h3-6,8H,2,7,10H2,1H3,(H,20,24). The number of halogens is 2. The Morgan fingerprint density at radius 1 is 1.29 bits per heavy atom. The first kappa shape index (κ1) is 18.0. The fraction of sp³-hybridized carbons (Fsp3) is 0.250. The molecular formula is C16H15Cl2N5O. The summed E-state index contributed by atoms with van der Waals surface area (Å²) in [7, 11) is 0. The molecule has 1 amide bonds. The SMILES string of the molecule is CCCN(CC(=O)Nc1cc(Cl)ccc1Cl)c1ccc(C#N)nn1. The van der Waals surface area contributed by atoms with E-state index in [1.165, 1.54) is 0 Å². The lowest BCUT2D eigenvalue weighted by Crippen LogP contribution is -2.34. The predicted molar refractivity (Wildman–Crippen MR) is 94.3 cm³/mol. The van der Waals surface area contributed by atoms with Crippen LogP contribution >= 0.6 is 23.2 Å². The maximum Gasteiger partial charge on any atom is 0.243 e. The first-order valence-electron chi connectivity index (χ1n) is 7.27. The predicted octanol–water partition coefficient (Wildman–Crippen LogP) is 3.51. The number of carbonyl (C=O) groups excluding carboxylic acids is 1. The quantitative estimate of drug-likeness (QED) is 0.848. The highest BCUT2D eigenvalue weighted by Crippen LogP contribution is 2.25. The van der Waals surface area contributed by atoms with Gasteiger partial charge in [0, 0.05) is 11.6 Å². The second kappa shape index (κ2) is 8.48. The van der Waals surface area contributed by atoms with Crippen molar-refractivity contribution in [3.8, 4) is 6.07 Å². The van der Waals surface area contributed by atoms with Crippen LogP contribution in [0.4, 0.5) is 11.5 Å². The summed E-state index contributed by atoms with van der Waals surface area (Å²) >= 11 is 12.0. The molecule has 1 aromatic heterocycles. The highest BCUT2D eigenvalue weighted by Gasteiger charge is 2.14. The summed E-state index contributed by atoms with van der Waals surface area (Å²) in [6.45, 7) is 2.70. The molecule has 0 saturated carbocycles. The zero-order chi connectivity index (χ0) is 17.5. The van der Waals surface area contributed by atoms with Crippen molar-refractivity contribution in [3.05, 3.63) is 46.1 Å². The molecule has 1 N–H and O–H groups in total. The highest BCUT2D eigenvalue weighted by atomic mass is 35.5. The second-order valence-electron chi connectivity index (χ2n) is 4.98. The molecule has 1 aromatic carbocycles. The third kappa shape index (κ3) is 4.82. The van der Waals surface area contributed by atoms with Crippen LogP contribution in [-0.2, 0) is 4.79 Å². The Bertz CT molecular complexity index is 758. The third-order valence-electron chi connectivity index (χ3n) is 3.12. The Morgan fingerprint density at radius 3 is 2.71 bits per heavy atom. The summed E-state index contributed by atoms with van der Waals surface area (Å²) in [6.07, 6.45) is 0.826. The van der Waals surface area contributed by atoms with Crippen molar-refractivity contribution in [1.82, 2.24) is 10.2 Å². The molecule has 0 saturated heterocycles. The van der Waals surface area contributed by atoms with Gasteiger partial charge in [0.25, 0.3) is 0 Å². The maximum atomic E-state index is 12.3. The molecule has 6 nitrogen and oxygen atoms in total. The van der Waals surface area contributed by atoms with Crippen molar-refractivity contribution < 1.29 is 4.79 Å². The number of nitrogens with one attached hydrogen (secondary N) is 1. The molecule has 1 heterocycles. The van der Waals surface area contributed by atoms with Crippen LogP contribution in [0.25, 0.3) is 0 Å². The number of hydrogen-bond donors (Lipinski definition) is 1. The lowest BCUT2D eigenvalue weighted by atomic mass is 10.3. The van der Waals surface area contributed by atoms with Gasteiger partial charge in [-0.15, -0.1) is 10.2 Å². The van der Waals surface area contributed by atoms with E-state index in [0.29, 0.717) is 28.1 Å². The zero-order valence-corrected chi connectivity index (χ0v) is 14.5. The Morgan fingerprint density at radius 2 is 2.08 bits per heavy atom. The number of rotatable bonds is 6. The molecule has 0 radical (unpaired) electrons. The van der Waals surface area contributed by atoms with Crippen LogP contribution in [-0.4, -0.2) is 29.2 Å². The minimum absolute atomic E-state index is 0.0806. The molecule has 8 heteroatoms. The van der Waals surface area contributed by atoms with Gasteiger partial charge in [-0.2, -0.15) is 5.26 Å². The zero-order valence-electron chi connectivity index (χ0n) is 13.0. The molecular weight excluding hydrogens is 349 g/mol. The smallest absolute Gasteiger partial charge is 0.243 e. The second-order valence-corrected chi connectivity index (χ2v) is 5.83. The van der Waals surface area contributed by atoms with Gasteiger partial charge in [-0.1, -0.05) is 30.1 Å². The number of aromatic nitrogens is 2. The fourth-order valence-corrected chi connectivity index (χ4v) is 2.39. The molecule has 0 spiro atoms. The van der Waals surface area contributed by atoms with Gasteiger partial charge in [-0.05, 0) is 36.8 Å². The minimum Gasteiger partial charge on any atom is -0.346 e. The Labute approximate surface area is 150 Å². The Kier molecular flexibility index (Phi) is 6.36. The van der Waals surface area contributed by atoms with E-state index >= 15 is 0 Å². The van der Waals surface area contributed by atoms with E-state index in [0.717, 1.165) is 6.42 Å². The van der Waals surface area contributed by atoms with E-state index in [1.54, 1.807) is 35.2 Å². The summed E-state index contributed by atoms with van der Waals surface area (Å²) in [5, 5.41) is 20.2. The van der Waals surface area contributed by atoms with Crippen molar-refractivity contribution in [3.63, 3.8) is 0 Å². The number of benzene rings is 1. The van der Waals surface area contributed by atoms with Crippen molar-refractivity contribution in [1.29, 1.82) is 5.26 Å². The Balaban J connectivity index is 2.10. The van der Waals surface area contributed by atoms with Gasteiger partial charge in [0.05, 0.1) is 17.3 Å². The average molecular weight is 364 g/mol.